The topological polar surface area (TPSA) is 60.0 Å². The Morgan fingerprint density at radius 1 is 1.05 bits per heavy atom. The summed E-state index contributed by atoms with van der Waals surface area (Å²) in [6.45, 7) is 0. The van der Waals surface area contributed by atoms with Crippen LogP contribution in [0.15, 0.2) is 34.5 Å². The Morgan fingerprint density at radius 2 is 1.71 bits per heavy atom. The maximum atomic E-state index is 13.3. The summed E-state index contributed by atoms with van der Waals surface area (Å²) in [5.74, 6) is -4.27. The molecule has 0 radical (unpaired) electrons. The Kier molecular flexibility index (Phi) is 4.32. The first-order chi connectivity index (χ1) is 9.93. The zero-order valence-electron chi connectivity index (χ0n) is 10.7. The maximum absolute atomic E-state index is 13.3. The van der Waals surface area contributed by atoms with E-state index in [0.717, 1.165) is 0 Å². The van der Waals surface area contributed by atoms with Gasteiger partial charge < -0.3 is 10.5 Å². The molecule has 0 fully saturated rings. The smallest absolute Gasteiger partial charge is 0.196 e. The third-order valence-corrected chi connectivity index (χ3v) is 2.91. The largest absolute Gasteiger partial charge is 0.494 e. The quantitative estimate of drug-likeness (QED) is 0.384. The lowest BCUT2D eigenvalue weighted by Crippen LogP contribution is -1.91. The molecule has 2 N–H and O–H groups in total. The molecule has 0 spiro atoms. The molecule has 0 saturated carbocycles. The molecular weight excluding hydrogens is 307 g/mol. The normalized spacial score (nSPS) is 11.1. The molecule has 21 heavy (non-hydrogen) atoms. The molecule has 110 valence electrons. The summed E-state index contributed by atoms with van der Waals surface area (Å²) >= 11 is 5.55. The van der Waals surface area contributed by atoms with Crippen LogP contribution in [0.25, 0.3) is 0 Å². The van der Waals surface area contributed by atoms with E-state index in [2.05, 4.69) is 10.2 Å². The summed E-state index contributed by atoms with van der Waals surface area (Å²) in [6.07, 6.45) is 0. The Balaban J connectivity index is 2.43. The molecule has 0 heterocycles. The predicted octanol–water partition coefficient (Wildman–Crippen LogP) is 4.76. The van der Waals surface area contributed by atoms with E-state index in [0.29, 0.717) is 17.5 Å². The molecule has 0 bridgehead atoms. The molecule has 2 aromatic rings. The van der Waals surface area contributed by atoms with Crippen LogP contribution in [0.3, 0.4) is 0 Å². The number of anilines is 1. The molecular formula is C13H9ClF3N3O. The second-order valence-corrected chi connectivity index (χ2v) is 4.33. The predicted molar refractivity (Wildman–Crippen MR) is 72.9 cm³/mol. The fraction of sp³-hybridized carbons (Fsp3) is 0.0769. The third kappa shape index (κ3) is 3.08. The second kappa shape index (κ2) is 6.01. The summed E-state index contributed by atoms with van der Waals surface area (Å²) in [5, 5.41) is 6.71. The number of hydrogen-bond donors (Lipinski definition) is 1. The van der Waals surface area contributed by atoms with Gasteiger partial charge >= 0.3 is 0 Å². The number of nitrogens with two attached hydrogens (primary N) is 1. The number of rotatable bonds is 3. The van der Waals surface area contributed by atoms with Gasteiger partial charge in [0.15, 0.2) is 17.5 Å². The van der Waals surface area contributed by atoms with Gasteiger partial charge in [0.1, 0.15) is 22.1 Å². The summed E-state index contributed by atoms with van der Waals surface area (Å²) in [7, 11) is 1.40. The molecule has 8 heteroatoms. The molecule has 0 saturated heterocycles. The van der Waals surface area contributed by atoms with Gasteiger partial charge in [-0.2, -0.15) is 0 Å². The van der Waals surface area contributed by atoms with E-state index in [-0.39, 0.29) is 11.4 Å². The van der Waals surface area contributed by atoms with Crippen molar-refractivity contribution in [2.45, 2.75) is 0 Å². The zero-order valence-corrected chi connectivity index (χ0v) is 11.5. The van der Waals surface area contributed by atoms with Crippen LogP contribution >= 0.6 is 11.6 Å². The molecule has 0 amide bonds. The van der Waals surface area contributed by atoms with Crippen molar-refractivity contribution in [3.05, 3.63) is 46.7 Å². The monoisotopic (exact) mass is 315 g/mol. The SMILES string of the molecule is COc1cc(N)ccc1N=Nc1cc(F)c(F)c(F)c1Cl. The first-order valence-corrected chi connectivity index (χ1v) is 6.00. The highest BCUT2D eigenvalue weighted by Crippen LogP contribution is 2.35. The summed E-state index contributed by atoms with van der Waals surface area (Å²) in [6, 6.07) is 5.20. The number of ether oxygens (including phenoxy) is 1. The number of halogens is 4. The Hall–Kier alpha value is -2.28. The van der Waals surface area contributed by atoms with E-state index in [9.17, 15) is 13.2 Å². The van der Waals surface area contributed by atoms with Crippen LogP contribution in [-0.4, -0.2) is 7.11 Å². The second-order valence-electron chi connectivity index (χ2n) is 3.95. The Bertz CT molecular complexity index is 722. The van der Waals surface area contributed by atoms with Crippen LogP contribution in [0.5, 0.6) is 5.75 Å². The summed E-state index contributed by atoms with van der Waals surface area (Å²) < 4.78 is 44.4. The molecule has 0 aliphatic rings. The van der Waals surface area contributed by atoms with Gasteiger partial charge in [-0.1, -0.05) is 11.6 Å². The number of hydrogen-bond acceptors (Lipinski definition) is 4. The highest BCUT2D eigenvalue weighted by Gasteiger charge is 2.17. The van der Waals surface area contributed by atoms with Gasteiger partial charge in [-0.25, -0.2) is 13.2 Å². The van der Waals surface area contributed by atoms with Crippen molar-refractivity contribution in [2.75, 3.05) is 12.8 Å². The molecule has 0 unspecified atom stereocenters. The van der Waals surface area contributed by atoms with E-state index >= 15 is 0 Å². The molecule has 0 atom stereocenters. The Labute approximate surface area is 123 Å². The van der Waals surface area contributed by atoms with Crippen LogP contribution in [0.4, 0.5) is 30.2 Å². The number of azo groups is 1. The molecule has 0 aliphatic heterocycles. The van der Waals surface area contributed by atoms with Gasteiger partial charge in [0.05, 0.1) is 7.11 Å². The van der Waals surface area contributed by atoms with Crippen LogP contribution in [-0.2, 0) is 0 Å². The first kappa shape index (κ1) is 15.1. The van der Waals surface area contributed by atoms with Crippen molar-refractivity contribution >= 4 is 28.7 Å². The van der Waals surface area contributed by atoms with Gasteiger partial charge in [-0.3, -0.25) is 0 Å². The van der Waals surface area contributed by atoms with E-state index in [1.165, 1.54) is 19.2 Å². The lowest BCUT2D eigenvalue weighted by atomic mass is 10.2. The Morgan fingerprint density at radius 3 is 2.38 bits per heavy atom. The van der Waals surface area contributed by atoms with Gasteiger partial charge in [-0.05, 0) is 12.1 Å². The molecule has 2 rings (SSSR count). The number of nitrogens with zero attached hydrogens (tertiary/aromatic N) is 2. The lowest BCUT2D eigenvalue weighted by Gasteiger charge is -2.05. The van der Waals surface area contributed by atoms with Gasteiger partial charge in [-0.15, -0.1) is 10.2 Å². The molecule has 4 nitrogen and oxygen atoms in total. The maximum Gasteiger partial charge on any atom is 0.196 e. The van der Waals surface area contributed by atoms with Gasteiger partial charge in [0.25, 0.3) is 0 Å². The highest BCUT2D eigenvalue weighted by atomic mass is 35.5. The fourth-order valence-corrected chi connectivity index (χ4v) is 1.69. The summed E-state index contributed by atoms with van der Waals surface area (Å²) in [4.78, 5) is 0. The van der Waals surface area contributed by atoms with Crippen LogP contribution < -0.4 is 10.5 Å². The average molecular weight is 316 g/mol. The van der Waals surface area contributed by atoms with Gasteiger partial charge in [0, 0.05) is 17.8 Å². The van der Waals surface area contributed by atoms with Crippen molar-refractivity contribution in [3.8, 4) is 5.75 Å². The average Bonchev–Trinajstić information content (AvgIpc) is 2.48. The van der Waals surface area contributed by atoms with E-state index < -0.39 is 22.5 Å². The number of methoxy groups -OCH3 is 1. The van der Waals surface area contributed by atoms with E-state index in [4.69, 9.17) is 22.1 Å². The van der Waals surface area contributed by atoms with Gasteiger partial charge in [0.2, 0.25) is 0 Å². The van der Waals surface area contributed by atoms with Crippen molar-refractivity contribution in [1.82, 2.24) is 0 Å². The van der Waals surface area contributed by atoms with E-state index in [1.807, 2.05) is 0 Å². The lowest BCUT2D eigenvalue weighted by molar-refractivity contribution is 0.416. The minimum absolute atomic E-state index is 0.271. The van der Waals surface area contributed by atoms with Crippen LogP contribution in [0.1, 0.15) is 0 Å². The van der Waals surface area contributed by atoms with E-state index in [1.54, 1.807) is 6.07 Å². The third-order valence-electron chi connectivity index (χ3n) is 2.55. The minimum atomic E-state index is -1.66. The number of nitrogen functional groups attached to an aromatic ring is 1. The standard InChI is InChI=1S/C13H9ClF3N3O/c1-21-10-4-6(18)2-3-8(10)19-20-9-5-7(15)12(16)13(17)11(9)14/h2-5H,18H2,1H3. The summed E-state index contributed by atoms with van der Waals surface area (Å²) in [5.41, 5.74) is 5.95. The van der Waals surface area contributed by atoms with Crippen molar-refractivity contribution in [3.63, 3.8) is 0 Å². The number of benzene rings is 2. The molecule has 2 aromatic carbocycles. The first-order valence-electron chi connectivity index (χ1n) is 5.62. The highest BCUT2D eigenvalue weighted by molar-refractivity contribution is 6.33. The molecule has 0 aliphatic carbocycles. The fourth-order valence-electron chi connectivity index (χ4n) is 1.52. The molecule has 0 aromatic heterocycles. The van der Waals surface area contributed by atoms with Crippen LogP contribution in [0.2, 0.25) is 5.02 Å². The van der Waals surface area contributed by atoms with Crippen LogP contribution in [0, 0.1) is 17.5 Å². The zero-order chi connectivity index (χ0) is 15.6. The minimum Gasteiger partial charge on any atom is -0.494 e. The van der Waals surface area contributed by atoms with Crippen molar-refractivity contribution in [1.29, 1.82) is 0 Å². The van der Waals surface area contributed by atoms with Crippen molar-refractivity contribution in [2.24, 2.45) is 10.2 Å². The van der Waals surface area contributed by atoms with Crippen molar-refractivity contribution < 1.29 is 17.9 Å².